The monoisotopic (exact) mass is 355 g/mol. The van der Waals surface area contributed by atoms with Crippen LogP contribution in [-0.2, 0) is 13.0 Å². The minimum atomic E-state index is 0.621. The fourth-order valence-corrected chi connectivity index (χ4v) is 3.58. The average Bonchev–Trinajstić information content (AvgIpc) is 3.28. The van der Waals surface area contributed by atoms with E-state index in [0.717, 1.165) is 34.6 Å². The number of benzene rings is 3. The van der Waals surface area contributed by atoms with E-state index in [4.69, 9.17) is 8.83 Å². The van der Waals surface area contributed by atoms with Crippen molar-refractivity contribution >= 4 is 39.0 Å². The molecule has 0 bridgehead atoms. The second-order valence-electron chi connectivity index (χ2n) is 6.50. The molecule has 132 valence electrons. The van der Waals surface area contributed by atoms with Crippen LogP contribution in [0.5, 0.6) is 0 Å². The molecule has 4 nitrogen and oxygen atoms in total. The highest BCUT2D eigenvalue weighted by Crippen LogP contribution is 2.25. The Morgan fingerprint density at radius 1 is 0.926 bits per heavy atom. The Hall–Kier alpha value is -3.40. The fourth-order valence-electron chi connectivity index (χ4n) is 3.58. The normalized spacial score (nSPS) is 12.0. The third kappa shape index (κ3) is 2.70. The predicted octanol–water partition coefficient (Wildman–Crippen LogP) is 5.29. The van der Waals surface area contributed by atoms with Crippen molar-refractivity contribution in [2.45, 2.75) is 19.9 Å². The Labute approximate surface area is 156 Å². The Morgan fingerprint density at radius 2 is 1.78 bits per heavy atom. The molecule has 0 unspecified atom stereocenters. The van der Waals surface area contributed by atoms with Crippen LogP contribution in [0.1, 0.15) is 18.7 Å². The van der Waals surface area contributed by atoms with Gasteiger partial charge in [-0.3, -0.25) is 0 Å². The van der Waals surface area contributed by atoms with Gasteiger partial charge in [0.05, 0.1) is 5.39 Å². The van der Waals surface area contributed by atoms with E-state index in [-0.39, 0.29) is 0 Å². The lowest BCUT2D eigenvalue weighted by Crippen LogP contribution is -2.33. The van der Waals surface area contributed by atoms with Gasteiger partial charge in [-0.05, 0) is 36.6 Å². The van der Waals surface area contributed by atoms with Gasteiger partial charge < -0.3 is 8.83 Å². The van der Waals surface area contributed by atoms with Gasteiger partial charge in [-0.25, -0.2) is 4.98 Å². The molecule has 0 saturated carbocycles. The van der Waals surface area contributed by atoms with Crippen molar-refractivity contribution in [2.24, 2.45) is 0 Å². The zero-order valence-electron chi connectivity index (χ0n) is 15.1. The summed E-state index contributed by atoms with van der Waals surface area (Å²) in [7, 11) is 0. The van der Waals surface area contributed by atoms with Crippen LogP contribution < -0.4 is 4.57 Å². The molecule has 27 heavy (non-hydrogen) atoms. The number of para-hydroxylation sites is 2. The van der Waals surface area contributed by atoms with E-state index in [9.17, 15) is 0 Å². The van der Waals surface area contributed by atoms with Gasteiger partial charge >= 0.3 is 5.89 Å². The topological polar surface area (TPSA) is 43.0 Å². The number of rotatable bonds is 4. The van der Waals surface area contributed by atoms with Gasteiger partial charge in [0.2, 0.25) is 5.58 Å². The number of fused-ring (bicyclic) bond motifs is 4. The van der Waals surface area contributed by atoms with Crippen LogP contribution in [0.3, 0.4) is 0 Å². The molecule has 0 atom stereocenters. The van der Waals surface area contributed by atoms with E-state index in [1.54, 1.807) is 0 Å². The second-order valence-corrected chi connectivity index (χ2v) is 6.50. The third-order valence-corrected chi connectivity index (χ3v) is 4.82. The minimum Gasteiger partial charge on any atom is -0.440 e. The Balaban J connectivity index is 1.52. The lowest BCUT2D eigenvalue weighted by molar-refractivity contribution is -0.673. The van der Waals surface area contributed by atoms with Gasteiger partial charge in [0.1, 0.15) is 12.1 Å². The molecule has 0 fully saturated rings. The van der Waals surface area contributed by atoms with Gasteiger partial charge in [0.25, 0.3) is 5.52 Å². The third-order valence-electron chi connectivity index (χ3n) is 4.82. The molecular weight excluding hydrogens is 336 g/mol. The molecule has 0 spiro atoms. The van der Waals surface area contributed by atoms with E-state index >= 15 is 0 Å². The fraction of sp³-hybridized carbons (Fsp3) is 0.130. The van der Waals surface area contributed by atoms with Crippen molar-refractivity contribution in [3.63, 3.8) is 0 Å². The highest BCUT2D eigenvalue weighted by Gasteiger charge is 2.21. The Morgan fingerprint density at radius 3 is 2.67 bits per heavy atom. The van der Waals surface area contributed by atoms with Gasteiger partial charge in [0.15, 0.2) is 11.5 Å². The number of hydrogen-bond donors (Lipinski definition) is 0. The molecule has 5 rings (SSSR count). The number of aryl methyl sites for hydroxylation is 1. The van der Waals surface area contributed by atoms with Gasteiger partial charge in [-0.1, -0.05) is 42.5 Å². The van der Waals surface area contributed by atoms with Crippen LogP contribution in [0.25, 0.3) is 39.0 Å². The summed E-state index contributed by atoms with van der Waals surface area (Å²) < 4.78 is 14.1. The van der Waals surface area contributed by atoms with Crippen LogP contribution in [-0.4, -0.2) is 4.98 Å². The van der Waals surface area contributed by atoms with Crippen molar-refractivity contribution in [1.29, 1.82) is 0 Å². The molecule has 2 heterocycles. The molecule has 3 aromatic carbocycles. The van der Waals surface area contributed by atoms with Crippen molar-refractivity contribution in [1.82, 2.24) is 4.98 Å². The summed E-state index contributed by atoms with van der Waals surface area (Å²) in [5.41, 5.74) is 3.74. The average molecular weight is 355 g/mol. The van der Waals surface area contributed by atoms with Crippen molar-refractivity contribution in [3.05, 3.63) is 78.5 Å². The van der Waals surface area contributed by atoms with E-state index in [2.05, 4.69) is 46.8 Å². The van der Waals surface area contributed by atoms with Crippen LogP contribution in [0.4, 0.5) is 0 Å². The Kier molecular flexibility index (Phi) is 3.75. The first-order valence-corrected chi connectivity index (χ1v) is 9.18. The van der Waals surface area contributed by atoms with Crippen LogP contribution in [0.2, 0.25) is 0 Å². The molecule has 0 amide bonds. The largest absolute Gasteiger partial charge is 0.440 e. The summed E-state index contributed by atoms with van der Waals surface area (Å²) in [4.78, 5) is 4.51. The molecule has 0 aliphatic heterocycles. The van der Waals surface area contributed by atoms with Crippen molar-refractivity contribution in [2.75, 3.05) is 0 Å². The maximum atomic E-state index is 6.12. The first kappa shape index (κ1) is 15.8. The van der Waals surface area contributed by atoms with Crippen molar-refractivity contribution in [3.8, 4) is 0 Å². The van der Waals surface area contributed by atoms with Crippen LogP contribution in [0.15, 0.2) is 75.6 Å². The molecule has 0 aliphatic carbocycles. The summed E-state index contributed by atoms with van der Waals surface area (Å²) in [6.45, 7) is 2.97. The number of allylic oxidation sites excluding steroid dienone is 1. The van der Waals surface area contributed by atoms with Crippen LogP contribution in [0, 0.1) is 0 Å². The molecule has 5 aromatic rings. The zero-order chi connectivity index (χ0) is 18.2. The Bertz CT molecular complexity index is 1260. The summed E-state index contributed by atoms with van der Waals surface area (Å²) in [6, 6.07) is 20.4. The molecule has 2 aromatic heterocycles. The van der Waals surface area contributed by atoms with E-state index < -0.39 is 0 Å². The number of aromatic nitrogens is 2. The summed E-state index contributed by atoms with van der Waals surface area (Å²) in [6.07, 6.45) is 4.67. The summed E-state index contributed by atoms with van der Waals surface area (Å²) in [5.74, 6) is 1.54. The molecule has 4 heteroatoms. The molecule has 0 N–H and O–H groups in total. The molecule has 0 saturated heterocycles. The maximum absolute atomic E-state index is 6.12. The first-order valence-electron chi connectivity index (χ1n) is 9.18. The van der Waals surface area contributed by atoms with Crippen LogP contribution >= 0.6 is 0 Å². The highest BCUT2D eigenvalue weighted by molar-refractivity contribution is 6.01. The SMILES string of the molecule is CC[n+]1c(C=CCc2nc3ccccc3o2)oc2ccc3ccccc3c21. The highest BCUT2D eigenvalue weighted by atomic mass is 16.4. The lowest BCUT2D eigenvalue weighted by Gasteiger charge is -1.96. The summed E-state index contributed by atoms with van der Waals surface area (Å²) in [5, 5.41) is 2.43. The van der Waals surface area contributed by atoms with E-state index in [1.807, 2.05) is 42.5 Å². The van der Waals surface area contributed by atoms with Gasteiger partial charge in [0, 0.05) is 12.5 Å². The standard InChI is InChI=1S/C23H19N2O2/c1-2-25-22(13-7-12-21-24-18-10-5-6-11-19(18)26-21)27-20-15-14-16-8-3-4-9-17(16)23(20)25/h3-11,13-15H,2,12H2,1H3/q+1. The predicted molar refractivity (Wildman–Crippen MR) is 106 cm³/mol. The lowest BCUT2D eigenvalue weighted by atomic mass is 10.1. The van der Waals surface area contributed by atoms with Gasteiger partial charge in [-0.15, -0.1) is 0 Å². The number of hydrogen-bond acceptors (Lipinski definition) is 3. The molecule has 0 aliphatic rings. The van der Waals surface area contributed by atoms with E-state index in [0.29, 0.717) is 12.3 Å². The quantitative estimate of drug-likeness (QED) is 0.411. The molecule has 0 radical (unpaired) electrons. The number of nitrogens with zero attached hydrogens (tertiary/aromatic N) is 2. The smallest absolute Gasteiger partial charge is 0.373 e. The summed E-state index contributed by atoms with van der Waals surface area (Å²) >= 11 is 0. The van der Waals surface area contributed by atoms with Gasteiger partial charge in [-0.2, -0.15) is 4.57 Å². The second kappa shape index (κ2) is 6.40. The van der Waals surface area contributed by atoms with Crippen molar-refractivity contribution < 1.29 is 13.4 Å². The maximum Gasteiger partial charge on any atom is 0.373 e. The zero-order valence-corrected chi connectivity index (χ0v) is 15.1. The molecular formula is C23H19N2O2+. The minimum absolute atomic E-state index is 0.621. The van der Waals surface area contributed by atoms with E-state index in [1.165, 1.54) is 10.8 Å². The number of oxazole rings is 2. The first-order chi connectivity index (χ1) is 13.3.